The highest BCUT2D eigenvalue weighted by Gasteiger charge is 2.23. The van der Waals surface area contributed by atoms with Gasteiger partial charge < -0.3 is 4.90 Å². The fourth-order valence-electron chi connectivity index (χ4n) is 3.96. The second kappa shape index (κ2) is 8.44. The Labute approximate surface area is 182 Å². The molecule has 0 N–H and O–H groups in total. The molecule has 1 fully saturated rings. The molecule has 1 amide bonds. The van der Waals surface area contributed by atoms with Crippen LogP contribution in [0.2, 0.25) is 0 Å². The van der Waals surface area contributed by atoms with E-state index in [9.17, 15) is 9.59 Å². The molecule has 0 saturated carbocycles. The summed E-state index contributed by atoms with van der Waals surface area (Å²) in [5.74, 6) is -0.106. The number of carbonyl (C=O) groups is 1. The zero-order valence-corrected chi connectivity index (χ0v) is 17.7. The molecule has 0 spiro atoms. The quantitative estimate of drug-likeness (QED) is 0.480. The summed E-state index contributed by atoms with van der Waals surface area (Å²) in [6.45, 7) is 3.64. The third-order valence-corrected chi connectivity index (χ3v) is 6.48. The molecule has 2 aromatic heterocycles. The number of amides is 1. The summed E-state index contributed by atoms with van der Waals surface area (Å²) in [6, 6.07) is 18.4. The lowest BCUT2D eigenvalue weighted by Crippen LogP contribution is -2.49. The van der Waals surface area contributed by atoms with Crippen LogP contribution in [0.15, 0.2) is 64.8 Å². The predicted octanol–water partition coefficient (Wildman–Crippen LogP) is 1.99. The number of rotatable bonds is 5. The van der Waals surface area contributed by atoms with Crippen LogP contribution in [0.25, 0.3) is 15.8 Å². The van der Waals surface area contributed by atoms with Crippen LogP contribution < -0.4 is 5.69 Å². The summed E-state index contributed by atoms with van der Waals surface area (Å²) >= 11 is 1.40. The van der Waals surface area contributed by atoms with E-state index in [-0.39, 0.29) is 12.5 Å². The number of nitrogens with zero attached hydrogens (tertiary/aromatic N) is 6. The van der Waals surface area contributed by atoms with Gasteiger partial charge in [0.1, 0.15) is 11.5 Å². The first-order chi connectivity index (χ1) is 15.2. The second-order valence-electron chi connectivity index (χ2n) is 7.58. The number of hydrogen-bond acceptors (Lipinski definition) is 6. The van der Waals surface area contributed by atoms with Crippen molar-refractivity contribution in [3.8, 4) is 5.00 Å². The highest BCUT2D eigenvalue weighted by atomic mass is 32.1. The number of benzene rings is 2. The summed E-state index contributed by atoms with van der Waals surface area (Å²) in [6.07, 6.45) is 0. The Hall–Kier alpha value is -3.30. The van der Waals surface area contributed by atoms with Crippen molar-refractivity contribution in [3.63, 3.8) is 0 Å². The second-order valence-corrected chi connectivity index (χ2v) is 8.50. The van der Waals surface area contributed by atoms with E-state index >= 15 is 0 Å². The van der Waals surface area contributed by atoms with Crippen LogP contribution in [-0.4, -0.2) is 61.7 Å². The molecule has 5 rings (SSSR count). The molecule has 0 radical (unpaired) electrons. The zero-order valence-electron chi connectivity index (χ0n) is 16.9. The largest absolute Gasteiger partial charge is 0.369 e. The number of carbonyl (C=O) groups excluding carboxylic acids is 1. The van der Waals surface area contributed by atoms with Crippen LogP contribution in [0.1, 0.15) is 5.56 Å². The van der Waals surface area contributed by atoms with Crippen molar-refractivity contribution < 1.29 is 4.79 Å². The van der Waals surface area contributed by atoms with Crippen molar-refractivity contribution >= 4 is 28.0 Å². The highest BCUT2D eigenvalue weighted by Crippen LogP contribution is 2.20. The molecule has 31 heavy (non-hydrogen) atoms. The highest BCUT2D eigenvalue weighted by molar-refractivity contribution is 7.12. The van der Waals surface area contributed by atoms with Gasteiger partial charge in [-0.1, -0.05) is 42.5 Å². The third-order valence-electron chi connectivity index (χ3n) is 5.64. The minimum atomic E-state index is -0.398. The van der Waals surface area contributed by atoms with Gasteiger partial charge in [0, 0.05) is 32.7 Å². The van der Waals surface area contributed by atoms with Gasteiger partial charge in [-0.25, -0.2) is 4.79 Å². The molecule has 8 nitrogen and oxygen atoms in total. The zero-order chi connectivity index (χ0) is 21.2. The van der Waals surface area contributed by atoms with Crippen molar-refractivity contribution in [2.45, 2.75) is 13.1 Å². The van der Waals surface area contributed by atoms with Gasteiger partial charge in [-0.2, -0.15) is 9.36 Å². The smallest absolute Gasteiger partial charge is 0.339 e. The van der Waals surface area contributed by atoms with Crippen molar-refractivity contribution in [1.82, 2.24) is 29.6 Å². The lowest BCUT2D eigenvalue weighted by atomic mass is 10.0. The van der Waals surface area contributed by atoms with Gasteiger partial charge in [-0.15, -0.1) is 11.3 Å². The van der Waals surface area contributed by atoms with Crippen LogP contribution in [0.3, 0.4) is 0 Å². The maximum Gasteiger partial charge on any atom is 0.369 e. The van der Waals surface area contributed by atoms with Gasteiger partial charge in [0.2, 0.25) is 5.91 Å². The van der Waals surface area contributed by atoms with Gasteiger partial charge >= 0.3 is 5.69 Å². The Morgan fingerprint density at radius 2 is 1.74 bits per heavy atom. The first-order valence-corrected chi connectivity index (χ1v) is 11.1. The topological polar surface area (TPSA) is 76.3 Å². The van der Waals surface area contributed by atoms with Crippen molar-refractivity contribution in [2.75, 3.05) is 26.2 Å². The average molecular weight is 435 g/mol. The van der Waals surface area contributed by atoms with E-state index in [0.29, 0.717) is 18.1 Å². The molecule has 0 unspecified atom stereocenters. The van der Waals surface area contributed by atoms with Gasteiger partial charge in [-0.05, 0) is 44.3 Å². The van der Waals surface area contributed by atoms with Gasteiger partial charge in [0.05, 0.1) is 0 Å². The monoisotopic (exact) mass is 434 g/mol. The Bertz CT molecular complexity index is 1250. The van der Waals surface area contributed by atoms with Crippen LogP contribution >= 0.6 is 11.3 Å². The molecule has 0 aliphatic carbocycles. The lowest BCUT2D eigenvalue weighted by molar-refractivity contribution is -0.133. The lowest BCUT2D eigenvalue weighted by Gasteiger charge is -2.34. The number of hydrogen-bond donors (Lipinski definition) is 0. The molecular weight excluding hydrogens is 412 g/mol. The molecule has 1 aliphatic heterocycles. The molecule has 1 aliphatic rings. The summed E-state index contributed by atoms with van der Waals surface area (Å²) in [7, 11) is 0. The van der Waals surface area contributed by atoms with E-state index in [4.69, 9.17) is 0 Å². The predicted molar refractivity (Wildman–Crippen MR) is 119 cm³/mol. The van der Waals surface area contributed by atoms with Gasteiger partial charge in [0.25, 0.3) is 0 Å². The average Bonchev–Trinajstić information content (AvgIpc) is 3.45. The molecule has 158 valence electrons. The summed E-state index contributed by atoms with van der Waals surface area (Å²) in [5.41, 5.74) is 0.903. The van der Waals surface area contributed by atoms with Crippen LogP contribution in [0.4, 0.5) is 0 Å². The maximum atomic E-state index is 12.7. The molecular formula is C22H22N6O2S. The Morgan fingerprint density at radius 1 is 0.935 bits per heavy atom. The minimum absolute atomic E-state index is 0.0898. The fourth-order valence-corrected chi connectivity index (χ4v) is 4.63. The molecule has 9 heteroatoms. The molecule has 2 aromatic carbocycles. The normalized spacial score (nSPS) is 14.9. The molecule has 4 aromatic rings. The summed E-state index contributed by atoms with van der Waals surface area (Å²) < 4.78 is 2.35. The van der Waals surface area contributed by atoms with Crippen molar-refractivity contribution in [3.05, 3.63) is 76.0 Å². The molecule has 3 heterocycles. The molecule has 0 atom stereocenters. The summed E-state index contributed by atoms with van der Waals surface area (Å²) in [5, 5.41) is 12.8. The standard InChI is InChI=1S/C22H22N6O2S/c29-20(16-27-22(30)28(24-23-27)21-9-4-14-31-21)26-12-10-25(11-13-26)15-18-7-3-6-17-5-1-2-8-19(17)18/h1-9,14H,10-13,15-16H2. The number of thiophene rings is 1. The number of aromatic nitrogens is 4. The van der Waals surface area contributed by atoms with E-state index in [0.717, 1.165) is 24.3 Å². The Balaban J connectivity index is 1.20. The Morgan fingerprint density at radius 3 is 2.55 bits per heavy atom. The molecule has 0 bridgehead atoms. The summed E-state index contributed by atoms with van der Waals surface area (Å²) in [4.78, 5) is 29.4. The SMILES string of the molecule is O=C(Cn1nnn(-c2cccs2)c1=O)N1CCN(Cc2cccc3ccccc23)CC1. The van der Waals surface area contributed by atoms with Crippen molar-refractivity contribution in [1.29, 1.82) is 0 Å². The number of fused-ring (bicyclic) bond motifs is 1. The van der Waals surface area contributed by atoms with Crippen LogP contribution in [0, 0.1) is 0 Å². The van der Waals surface area contributed by atoms with E-state index in [2.05, 4.69) is 57.8 Å². The van der Waals surface area contributed by atoms with E-state index < -0.39 is 5.69 Å². The number of tetrazole rings is 1. The van der Waals surface area contributed by atoms with Crippen molar-refractivity contribution in [2.24, 2.45) is 0 Å². The number of piperazine rings is 1. The van der Waals surface area contributed by atoms with E-state index in [1.807, 2.05) is 11.4 Å². The maximum absolute atomic E-state index is 12.7. The van der Waals surface area contributed by atoms with E-state index in [1.54, 1.807) is 11.0 Å². The molecule has 1 saturated heterocycles. The first-order valence-electron chi connectivity index (χ1n) is 10.2. The third kappa shape index (κ3) is 4.01. The fraction of sp³-hybridized carbons (Fsp3) is 0.273. The Kier molecular flexibility index (Phi) is 5.35. The van der Waals surface area contributed by atoms with Gasteiger partial charge in [-0.3, -0.25) is 9.69 Å². The van der Waals surface area contributed by atoms with E-state index in [1.165, 1.54) is 32.4 Å². The van der Waals surface area contributed by atoms with Crippen LogP contribution in [-0.2, 0) is 17.9 Å². The van der Waals surface area contributed by atoms with Crippen LogP contribution in [0.5, 0.6) is 0 Å². The first kappa shape index (κ1) is 19.7. The minimum Gasteiger partial charge on any atom is -0.339 e. The van der Waals surface area contributed by atoms with Gasteiger partial charge in [0.15, 0.2) is 0 Å².